The molecular weight excluding hydrogens is 174 g/mol. The zero-order valence-electron chi connectivity index (χ0n) is 8.10. The van der Waals surface area contributed by atoms with Crippen LogP contribution < -0.4 is 0 Å². The van der Waals surface area contributed by atoms with Crippen molar-refractivity contribution in [3.05, 3.63) is 10.7 Å². The Bertz CT molecular complexity index is 187. The highest BCUT2D eigenvalue weighted by molar-refractivity contribution is 6.30. The summed E-state index contributed by atoms with van der Waals surface area (Å²) in [5.41, 5.74) is 0.684. The second-order valence-electron chi connectivity index (χ2n) is 3.07. The number of allylic oxidation sites excluding steroid dienone is 1. The van der Waals surface area contributed by atoms with Crippen molar-refractivity contribution in [2.45, 2.75) is 20.3 Å². The fourth-order valence-electron chi connectivity index (χ4n) is 0.846. The van der Waals surface area contributed by atoms with Crippen LogP contribution in [0.4, 0.5) is 0 Å². The molecule has 1 atom stereocenters. The predicted octanol–water partition coefficient (Wildman–Crippen LogP) is 2.24. The minimum absolute atomic E-state index is 0.234. The predicted molar refractivity (Wildman–Crippen MR) is 52.1 cm³/mol. The average Bonchev–Trinajstić information content (AvgIpc) is 2.05. The van der Waals surface area contributed by atoms with E-state index in [4.69, 9.17) is 11.6 Å². The van der Waals surface area contributed by atoms with Crippen LogP contribution >= 0.6 is 11.6 Å². The molecule has 0 saturated heterocycles. The largest absolute Gasteiger partial charge is 0.368 e. The van der Waals surface area contributed by atoms with E-state index in [9.17, 15) is 4.79 Å². The maximum Gasteiger partial charge on any atom is 0.149 e. The Morgan fingerprint density at radius 1 is 1.58 bits per heavy atom. The van der Waals surface area contributed by atoms with E-state index in [2.05, 4.69) is 0 Å². The van der Waals surface area contributed by atoms with Gasteiger partial charge >= 0.3 is 0 Å². The summed E-state index contributed by atoms with van der Waals surface area (Å²) in [5, 5.41) is 0.541. The summed E-state index contributed by atoms with van der Waals surface area (Å²) >= 11 is 5.93. The Morgan fingerprint density at radius 2 is 2.08 bits per heavy atom. The minimum atomic E-state index is 0.234. The zero-order chi connectivity index (χ0) is 9.72. The first-order valence-corrected chi connectivity index (χ1v) is 4.44. The molecule has 0 N–H and O–H groups in total. The lowest BCUT2D eigenvalue weighted by Gasteiger charge is -2.16. The second kappa shape index (κ2) is 5.20. The number of halogens is 1. The highest BCUT2D eigenvalue weighted by atomic mass is 35.5. The molecule has 0 aliphatic heterocycles. The third-order valence-corrected chi connectivity index (χ3v) is 2.46. The van der Waals surface area contributed by atoms with Gasteiger partial charge in [-0.15, -0.1) is 0 Å². The Morgan fingerprint density at radius 3 is 2.33 bits per heavy atom. The molecule has 2 nitrogen and oxygen atoms in total. The number of hydrogen-bond donors (Lipinski definition) is 0. The third kappa shape index (κ3) is 2.86. The number of aldehydes is 1. The van der Waals surface area contributed by atoms with E-state index in [1.807, 2.05) is 27.9 Å². The number of carbonyl (C=O) groups excluding carboxylic acids is 1. The van der Waals surface area contributed by atoms with Gasteiger partial charge in [0, 0.05) is 19.7 Å². The standard InChI is InChI=1S/C9H16ClNO/c1-5-7(2)8(6-12)9(10)11(3)4/h6-7H,5H2,1-4H3. The summed E-state index contributed by atoms with van der Waals surface area (Å²) in [6.07, 6.45) is 1.77. The van der Waals surface area contributed by atoms with Crippen LogP contribution in [0.25, 0.3) is 0 Å². The van der Waals surface area contributed by atoms with Gasteiger partial charge in [0.05, 0.1) is 0 Å². The summed E-state index contributed by atoms with van der Waals surface area (Å²) in [6.45, 7) is 4.03. The first-order chi connectivity index (χ1) is 5.54. The van der Waals surface area contributed by atoms with Crippen molar-refractivity contribution in [3.8, 4) is 0 Å². The number of rotatable bonds is 4. The fraction of sp³-hybridized carbons (Fsp3) is 0.667. The molecule has 0 saturated carbocycles. The van der Waals surface area contributed by atoms with Gasteiger partial charge in [-0.25, -0.2) is 0 Å². The molecule has 0 fully saturated rings. The van der Waals surface area contributed by atoms with Gasteiger partial charge in [-0.1, -0.05) is 25.4 Å². The van der Waals surface area contributed by atoms with Crippen LogP contribution in [-0.2, 0) is 4.79 Å². The maximum atomic E-state index is 10.7. The monoisotopic (exact) mass is 189 g/mol. The third-order valence-electron chi connectivity index (χ3n) is 1.90. The maximum absolute atomic E-state index is 10.7. The quantitative estimate of drug-likeness (QED) is 0.384. The van der Waals surface area contributed by atoms with Crippen LogP contribution in [0, 0.1) is 5.92 Å². The van der Waals surface area contributed by atoms with Crippen molar-refractivity contribution in [2.24, 2.45) is 5.92 Å². The van der Waals surface area contributed by atoms with Crippen LogP contribution in [0.2, 0.25) is 0 Å². The molecule has 0 bridgehead atoms. The molecule has 0 radical (unpaired) electrons. The Kier molecular flexibility index (Phi) is 4.98. The highest BCUT2D eigenvalue weighted by Crippen LogP contribution is 2.20. The van der Waals surface area contributed by atoms with E-state index in [1.54, 1.807) is 4.90 Å². The molecule has 70 valence electrons. The summed E-state index contributed by atoms with van der Waals surface area (Å²) in [6, 6.07) is 0. The summed E-state index contributed by atoms with van der Waals surface area (Å²) < 4.78 is 0. The Labute approximate surface area is 79.2 Å². The van der Waals surface area contributed by atoms with Gasteiger partial charge in [-0.05, 0) is 12.3 Å². The minimum Gasteiger partial charge on any atom is -0.368 e. The Hall–Kier alpha value is -0.500. The van der Waals surface area contributed by atoms with Crippen molar-refractivity contribution in [1.29, 1.82) is 0 Å². The van der Waals surface area contributed by atoms with Crippen LogP contribution in [0.1, 0.15) is 20.3 Å². The first-order valence-electron chi connectivity index (χ1n) is 4.06. The average molecular weight is 190 g/mol. The molecular formula is C9H16ClNO. The van der Waals surface area contributed by atoms with Crippen molar-refractivity contribution in [1.82, 2.24) is 4.90 Å². The molecule has 0 aromatic carbocycles. The van der Waals surface area contributed by atoms with E-state index in [0.29, 0.717) is 10.7 Å². The Balaban J connectivity index is 4.72. The molecule has 0 aromatic heterocycles. The van der Waals surface area contributed by atoms with Gasteiger partial charge in [0.15, 0.2) is 0 Å². The fourth-order valence-corrected chi connectivity index (χ4v) is 1.08. The van der Waals surface area contributed by atoms with E-state index in [0.717, 1.165) is 12.7 Å². The number of nitrogens with zero attached hydrogens (tertiary/aromatic N) is 1. The molecule has 1 unspecified atom stereocenters. The van der Waals surface area contributed by atoms with E-state index < -0.39 is 0 Å². The van der Waals surface area contributed by atoms with Crippen LogP contribution in [0.5, 0.6) is 0 Å². The van der Waals surface area contributed by atoms with Gasteiger partial charge in [0.25, 0.3) is 0 Å². The van der Waals surface area contributed by atoms with E-state index in [1.165, 1.54) is 0 Å². The zero-order valence-corrected chi connectivity index (χ0v) is 8.85. The van der Waals surface area contributed by atoms with Gasteiger partial charge in [-0.3, -0.25) is 4.79 Å². The van der Waals surface area contributed by atoms with E-state index in [-0.39, 0.29) is 5.92 Å². The molecule has 12 heavy (non-hydrogen) atoms. The molecule has 0 amide bonds. The molecule has 0 rings (SSSR count). The lowest BCUT2D eigenvalue weighted by molar-refractivity contribution is -0.105. The van der Waals surface area contributed by atoms with Crippen molar-refractivity contribution in [2.75, 3.05) is 14.1 Å². The van der Waals surface area contributed by atoms with Crippen LogP contribution in [0.3, 0.4) is 0 Å². The smallest absolute Gasteiger partial charge is 0.149 e. The number of carbonyl (C=O) groups is 1. The van der Waals surface area contributed by atoms with Crippen molar-refractivity contribution < 1.29 is 4.79 Å². The van der Waals surface area contributed by atoms with Gasteiger partial charge < -0.3 is 4.90 Å². The van der Waals surface area contributed by atoms with Crippen LogP contribution in [0.15, 0.2) is 10.7 Å². The van der Waals surface area contributed by atoms with Gasteiger partial charge in [0.2, 0.25) is 0 Å². The summed E-state index contributed by atoms with van der Waals surface area (Å²) in [4.78, 5) is 12.4. The molecule has 0 spiro atoms. The van der Waals surface area contributed by atoms with Crippen molar-refractivity contribution in [3.63, 3.8) is 0 Å². The topological polar surface area (TPSA) is 20.3 Å². The summed E-state index contributed by atoms with van der Waals surface area (Å²) in [5.74, 6) is 0.234. The highest BCUT2D eigenvalue weighted by Gasteiger charge is 2.11. The first kappa shape index (κ1) is 11.5. The van der Waals surface area contributed by atoms with E-state index >= 15 is 0 Å². The molecule has 3 heteroatoms. The summed E-state index contributed by atoms with van der Waals surface area (Å²) in [7, 11) is 3.66. The molecule has 0 aromatic rings. The molecule has 0 aliphatic rings. The normalized spacial score (nSPS) is 15.1. The number of hydrogen-bond acceptors (Lipinski definition) is 2. The van der Waals surface area contributed by atoms with Crippen molar-refractivity contribution >= 4 is 17.9 Å². The molecule has 0 heterocycles. The lowest BCUT2D eigenvalue weighted by atomic mass is 10.0. The molecule has 0 aliphatic carbocycles. The lowest BCUT2D eigenvalue weighted by Crippen LogP contribution is -2.13. The van der Waals surface area contributed by atoms with Gasteiger partial charge in [-0.2, -0.15) is 0 Å². The second-order valence-corrected chi connectivity index (χ2v) is 3.43. The SMILES string of the molecule is CCC(C)C(C=O)=C(Cl)N(C)C. The van der Waals surface area contributed by atoms with Gasteiger partial charge in [0.1, 0.15) is 11.4 Å². The van der Waals surface area contributed by atoms with Crippen LogP contribution in [-0.4, -0.2) is 25.3 Å².